The second kappa shape index (κ2) is 10.7. The van der Waals surface area contributed by atoms with Crippen molar-refractivity contribution in [1.82, 2.24) is 14.8 Å². The van der Waals surface area contributed by atoms with Gasteiger partial charge in [-0.3, -0.25) is 14.9 Å². The molecule has 0 saturated carbocycles. The maximum absolute atomic E-state index is 12.3. The van der Waals surface area contributed by atoms with E-state index in [1.807, 2.05) is 13.0 Å². The van der Waals surface area contributed by atoms with Crippen LogP contribution in [-0.4, -0.2) is 31.3 Å². The lowest BCUT2D eigenvalue weighted by atomic mass is 10.0. The second-order valence-corrected chi connectivity index (χ2v) is 9.05. The number of anilines is 1. The Balaban J connectivity index is 1.61. The van der Waals surface area contributed by atoms with Gasteiger partial charge in [0.1, 0.15) is 12.4 Å². The fourth-order valence-corrected chi connectivity index (χ4v) is 3.92. The molecule has 0 spiro atoms. The number of nitro benzene ring substituents is 1. The van der Waals surface area contributed by atoms with Gasteiger partial charge in [-0.2, -0.15) is 0 Å². The molecule has 0 bridgehead atoms. The molecular weight excluding hydrogens is 466 g/mol. The van der Waals surface area contributed by atoms with Gasteiger partial charge in [0.2, 0.25) is 5.91 Å². The molecule has 0 aliphatic carbocycles. The van der Waals surface area contributed by atoms with E-state index in [-0.39, 0.29) is 34.7 Å². The molecule has 1 heterocycles. The van der Waals surface area contributed by atoms with Crippen molar-refractivity contribution in [3.63, 3.8) is 0 Å². The quantitative estimate of drug-likeness (QED) is 0.252. The SMILES string of the molecule is Cc1ccc(C(C)C)c(OCc2nnc(SCC(=O)Nc3cc([N+](=O)[O-])ccc3Cl)n2C)c1. The van der Waals surface area contributed by atoms with Gasteiger partial charge in [0.25, 0.3) is 5.69 Å². The molecule has 0 aliphatic heterocycles. The predicted molar refractivity (Wildman–Crippen MR) is 128 cm³/mol. The molecule has 2 aromatic carbocycles. The van der Waals surface area contributed by atoms with Crippen LogP contribution in [0.15, 0.2) is 41.6 Å². The number of hydrogen-bond acceptors (Lipinski definition) is 7. The van der Waals surface area contributed by atoms with E-state index in [0.29, 0.717) is 16.9 Å². The number of non-ortho nitro benzene ring substituents is 1. The minimum atomic E-state index is -0.551. The molecule has 0 fully saturated rings. The standard InChI is InChI=1S/C22H24ClN5O4S/c1-13(2)16-7-5-14(3)9-19(16)32-11-20-25-26-22(27(20)4)33-12-21(29)24-18-10-15(28(30)31)6-8-17(18)23/h5-10,13H,11-12H2,1-4H3,(H,24,29). The molecule has 1 aromatic heterocycles. The summed E-state index contributed by atoms with van der Waals surface area (Å²) in [4.78, 5) is 22.7. The summed E-state index contributed by atoms with van der Waals surface area (Å²) < 4.78 is 7.79. The number of hydrogen-bond donors (Lipinski definition) is 1. The number of rotatable bonds is 9. The van der Waals surface area contributed by atoms with Crippen LogP contribution in [0.4, 0.5) is 11.4 Å². The van der Waals surface area contributed by atoms with Crippen molar-refractivity contribution >= 4 is 40.6 Å². The smallest absolute Gasteiger partial charge is 0.271 e. The number of aromatic nitrogens is 3. The fourth-order valence-electron chi connectivity index (χ4n) is 3.02. The third-order valence-electron chi connectivity index (χ3n) is 4.84. The molecule has 0 aliphatic rings. The minimum absolute atomic E-state index is 0.0290. The van der Waals surface area contributed by atoms with Gasteiger partial charge in [0.15, 0.2) is 11.0 Å². The van der Waals surface area contributed by atoms with E-state index in [1.54, 1.807) is 11.6 Å². The Morgan fingerprint density at radius 3 is 2.73 bits per heavy atom. The van der Waals surface area contributed by atoms with Gasteiger partial charge in [-0.15, -0.1) is 10.2 Å². The Bertz CT molecular complexity index is 1180. The van der Waals surface area contributed by atoms with Crippen LogP contribution in [-0.2, 0) is 18.4 Å². The van der Waals surface area contributed by atoms with Gasteiger partial charge in [0, 0.05) is 19.2 Å². The number of ether oxygens (including phenoxy) is 1. The van der Waals surface area contributed by atoms with Crippen LogP contribution in [0.25, 0.3) is 0 Å². The summed E-state index contributed by atoms with van der Waals surface area (Å²) in [5.41, 5.74) is 2.25. The number of carbonyl (C=O) groups excluding carboxylic acids is 1. The first kappa shape index (κ1) is 24.5. The maximum Gasteiger partial charge on any atom is 0.271 e. The summed E-state index contributed by atoms with van der Waals surface area (Å²) in [6, 6.07) is 10.0. The molecule has 3 aromatic rings. The average molecular weight is 490 g/mol. The number of amides is 1. The highest BCUT2D eigenvalue weighted by molar-refractivity contribution is 7.99. The van der Waals surface area contributed by atoms with Crippen LogP contribution < -0.4 is 10.1 Å². The summed E-state index contributed by atoms with van der Waals surface area (Å²) >= 11 is 7.22. The number of aryl methyl sites for hydroxylation is 1. The molecule has 3 rings (SSSR count). The number of benzene rings is 2. The van der Waals surface area contributed by atoms with Crippen LogP contribution in [0, 0.1) is 17.0 Å². The highest BCUT2D eigenvalue weighted by atomic mass is 35.5. The highest BCUT2D eigenvalue weighted by Crippen LogP contribution is 2.29. The molecule has 174 valence electrons. The molecule has 9 nitrogen and oxygen atoms in total. The van der Waals surface area contributed by atoms with Crippen LogP contribution >= 0.6 is 23.4 Å². The van der Waals surface area contributed by atoms with Crippen molar-refractivity contribution < 1.29 is 14.5 Å². The molecule has 0 unspecified atom stereocenters. The average Bonchev–Trinajstić information content (AvgIpc) is 3.11. The van der Waals surface area contributed by atoms with Crippen LogP contribution in [0.3, 0.4) is 0 Å². The lowest BCUT2D eigenvalue weighted by Gasteiger charge is -2.14. The molecule has 11 heteroatoms. The maximum atomic E-state index is 12.3. The molecular formula is C22H24ClN5O4S. The molecule has 1 N–H and O–H groups in total. The van der Waals surface area contributed by atoms with E-state index < -0.39 is 4.92 Å². The Labute approximate surface area is 200 Å². The van der Waals surface area contributed by atoms with Crippen molar-refractivity contribution in [2.45, 2.75) is 38.5 Å². The van der Waals surface area contributed by atoms with Crippen molar-refractivity contribution in [2.75, 3.05) is 11.1 Å². The van der Waals surface area contributed by atoms with Gasteiger partial charge in [-0.25, -0.2) is 0 Å². The number of halogens is 1. The Kier molecular flexibility index (Phi) is 7.93. The zero-order valence-corrected chi connectivity index (χ0v) is 20.2. The third kappa shape index (κ3) is 6.23. The number of carbonyl (C=O) groups is 1. The first-order valence-corrected chi connectivity index (χ1v) is 11.5. The fraction of sp³-hybridized carbons (Fsp3) is 0.318. The van der Waals surface area contributed by atoms with Crippen LogP contribution in [0.2, 0.25) is 5.02 Å². The largest absolute Gasteiger partial charge is 0.485 e. The second-order valence-electron chi connectivity index (χ2n) is 7.70. The number of nitrogens with one attached hydrogen (secondary N) is 1. The summed E-state index contributed by atoms with van der Waals surface area (Å²) in [6.07, 6.45) is 0. The van der Waals surface area contributed by atoms with Gasteiger partial charge >= 0.3 is 0 Å². The van der Waals surface area contributed by atoms with E-state index in [0.717, 1.165) is 16.9 Å². The van der Waals surface area contributed by atoms with E-state index >= 15 is 0 Å². The first-order valence-electron chi connectivity index (χ1n) is 10.1. The van der Waals surface area contributed by atoms with Gasteiger partial charge < -0.3 is 14.6 Å². The van der Waals surface area contributed by atoms with Gasteiger partial charge in [0.05, 0.1) is 21.4 Å². The Morgan fingerprint density at radius 1 is 1.27 bits per heavy atom. The van der Waals surface area contributed by atoms with E-state index in [4.69, 9.17) is 16.3 Å². The van der Waals surface area contributed by atoms with Crippen molar-refractivity contribution in [3.8, 4) is 5.75 Å². The normalized spacial score (nSPS) is 11.0. The lowest BCUT2D eigenvalue weighted by molar-refractivity contribution is -0.384. The van der Waals surface area contributed by atoms with Crippen molar-refractivity contribution in [2.24, 2.45) is 7.05 Å². The molecule has 0 radical (unpaired) electrons. The molecule has 1 amide bonds. The van der Waals surface area contributed by atoms with Crippen LogP contribution in [0.1, 0.15) is 36.7 Å². The summed E-state index contributed by atoms with van der Waals surface area (Å²) in [7, 11) is 1.80. The third-order valence-corrected chi connectivity index (χ3v) is 6.19. The zero-order valence-electron chi connectivity index (χ0n) is 18.7. The number of nitro groups is 1. The van der Waals surface area contributed by atoms with Crippen LogP contribution in [0.5, 0.6) is 5.75 Å². The lowest BCUT2D eigenvalue weighted by Crippen LogP contribution is -2.15. The van der Waals surface area contributed by atoms with Gasteiger partial charge in [-0.05, 0) is 36.1 Å². The molecule has 0 saturated heterocycles. The Morgan fingerprint density at radius 2 is 2.03 bits per heavy atom. The zero-order chi connectivity index (χ0) is 24.1. The highest BCUT2D eigenvalue weighted by Gasteiger charge is 2.16. The van der Waals surface area contributed by atoms with Crippen molar-refractivity contribution in [1.29, 1.82) is 0 Å². The summed E-state index contributed by atoms with van der Waals surface area (Å²) in [6.45, 7) is 6.48. The summed E-state index contributed by atoms with van der Waals surface area (Å²) in [5, 5.41) is 22.6. The molecule has 0 atom stereocenters. The predicted octanol–water partition coefficient (Wildman–Crippen LogP) is 5.12. The van der Waals surface area contributed by atoms with Gasteiger partial charge in [-0.1, -0.05) is 49.3 Å². The molecule has 33 heavy (non-hydrogen) atoms. The van der Waals surface area contributed by atoms with E-state index in [9.17, 15) is 14.9 Å². The number of nitrogens with zero attached hydrogens (tertiary/aromatic N) is 4. The summed E-state index contributed by atoms with van der Waals surface area (Å²) in [5.74, 6) is 1.42. The minimum Gasteiger partial charge on any atom is -0.485 e. The van der Waals surface area contributed by atoms with E-state index in [2.05, 4.69) is 41.5 Å². The monoisotopic (exact) mass is 489 g/mol. The number of thioether (sulfide) groups is 1. The topological polar surface area (TPSA) is 112 Å². The first-order chi connectivity index (χ1) is 15.7. The Hall–Kier alpha value is -3.11. The van der Waals surface area contributed by atoms with E-state index in [1.165, 1.54) is 30.0 Å². The van der Waals surface area contributed by atoms with Crippen molar-refractivity contribution in [3.05, 3.63) is 68.5 Å².